The molecule has 1 aromatic carbocycles. The molecule has 1 N–H and O–H groups in total. The second-order valence-corrected chi connectivity index (χ2v) is 4.89. The maximum atomic E-state index is 12.4. The molecule has 6 heteroatoms. The summed E-state index contributed by atoms with van der Waals surface area (Å²) < 4.78 is 37.3. The zero-order chi connectivity index (χ0) is 16.0. The van der Waals surface area contributed by atoms with Crippen molar-refractivity contribution >= 4 is 11.6 Å². The number of carbonyl (C=O) groups excluding carboxylic acids is 1. The molecule has 0 atom stereocenters. The molecule has 0 unspecified atom stereocenters. The molecule has 3 nitrogen and oxygen atoms in total. The van der Waals surface area contributed by atoms with Crippen molar-refractivity contribution in [3.05, 3.63) is 29.3 Å². The van der Waals surface area contributed by atoms with Crippen LogP contribution in [0.3, 0.4) is 0 Å². The lowest BCUT2D eigenvalue weighted by Crippen LogP contribution is -2.38. The standard InChI is InChI=1S/C15H21F3N2O/c1-4-8-19-13-7-6-12(9-11(13)3)14(21)20(5-2)10-15(16,17)18/h6-7,9,19H,4-5,8,10H2,1-3H3. The van der Waals surface area contributed by atoms with E-state index in [1.807, 2.05) is 13.8 Å². The van der Waals surface area contributed by atoms with Crippen LogP contribution in [0.4, 0.5) is 18.9 Å². The molecule has 118 valence electrons. The normalized spacial score (nSPS) is 11.3. The molecule has 0 spiro atoms. The molecule has 0 aliphatic carbocycles. The maximum absolute atomic E-state index is 12.4. The fraction of sp³-hybridized carbons (Fsp3) is 0.533. The smallest absolute Gasteiger partial charge is 0.385 e. The molecular formula is C15H21F3N2O. The van der Waals surface area contributed by atoms with Crippen LogP contribution in [-0.4, -0.2) is 36.6 Å². The second kappa shape index (κ2) is 7.33. The number of alkyl halides is 3. The summed E-state index contributed by atoms with van der Waals surface area (Å²) >= 11 is 0. The number of nitrogens with one attached hydrogen (secondary N) is 1. The molecule has 0 aliphatic rings. The van der Waals surface area contributed by atoms with E-state index in [4.69, 9.17) is 0 Å². The van der Waals surface area contributed by atoms with E-state index in [2.05, 4.69) is 5.32 Å². The lowest BCUT2D eigenvalue weighted by atomic mass is 10.1. The molecule has 21 heavy (non-hydrogen) atoms. The molecule has 1 aromatic rings. The first-order chi connectivity index (χ1) is 9.78. The summed E-state index contributed by atoms with van der Waals surface area (Å²) in [5.74, 6) is -0.597. The van der Waals surface area contributed by atoms with Gasteiger partial charge in [0.25, 0.3) is 5.91 Å². The zero-order valence-corrected chi connectivity index (χ0v) is 12.5. The summed E-state index contributed by atoms with van der Waals surface area (Å²) in [6.45, 7) is 5.01. The highest BCUT2D eigenvalue weighted by molar-refractivity contribution is 5.95. The summed E-state index contributed by atoms with van der Waals surface area (Å²) in [4.78, 5) is 12.9. The number of nitrogens with zero attached hydrogens (tertiary/aromatic N) is 1. The SMILES string of the molecule is CCCNc1ccc(C(=O)N(CC)CC(F)(F)F)cc1C. The van der Waals surface area contributed by atoms with E-state index in [1.54, 1.807) is 18.2 Å². The zero-order valence-electron chi connectivity index (χ0n) is 12.5. The van der Waals surface area contributed by atoms with Gasteiger partial charge in [0.05, 0.1) is 0 Å². The number of aryl methyl sites for hydroxylation is 1. The van der Waals surface area contributed by atoms with E-state index in [1.165, 1.54) is 6.92 Å². The van der Waals surface area contributed by atoms with Crippen LogP contribution in [0, 0.1) is 6.92 Å². The van der Waals surface area contributed by atoms with E-state index in [9.17, 15) is 18.0 Å². The van der Waals surface area contributed by atoms with Crippen LogP contribution in [-0.2, 0) is 0 Å². The van der Waals surface area contributed by atoms with Gasteiger partial charge in [0.2, 0.25) is 0 Å². The Kier molecular flexibility index (Phi) is 6.05. The first-order valence-corrected chi connectivity index (χ1v) is 6.99. The molecule has 0 saturated carbocycles. The maximum Gasteiger partial charge on any atom is 0.406 e. The first kappa shape index (κ1) is 17.3. The van der Waals surface area contributed by atoms with Gasteiger partial charge in [0.1, 0.15) is 6.54 Å². The number of anilines is 1. The van der Waals surface area contributed by atoms with Gasteiger partial charge in [-0.1, -0.05) is 6.92 Å². The Morgan fingerprint density at radius 3 is 2.43 bits per heavy atom. The third kappa shape index (κ3) is 5.28. The largest absolute Gasteiger partial charge is 0.406 e. The fourth-order valence-corrected chi connectivity index (χ4v) is 1.98. The predicted octanol–water partition coefficient (Wildman–Crippen LogP) is 3.84. The van der Waals surface area contributed by atoms with E-state index < -0.39 is 18.6 Å². The van der Waals surface area contributed by atoms with Gasteiger partial charge in [0.15, 0.2) is 0 Å². The van der Waals surface area contributed by atoms with Crippen LogP contribution in [0.1, 0.15) is 36.2 Å². The summed E-state index contributed by atoms with van der Waals surface area (Å²) in [6, 6.07) is 4.92. The second-order valence-electron chi connectivity index (χ2n) is 4.89. The average Bonchev–Trinajstić information content (AvgIpc) is 2.41. The van der Waals surface area contributed by atoms with Crippen molar-refractivity contribution < 1.29 is 18.0 Å². The van der Waals surface area contributed by atoms with Crippen molar-refractivity contribution in [2.75, 3.05) is 25.0 Å². The minimum Gasteiger partial charge on any atom is -0.385 e. The molecule has 0 radical (unpaired) electrons. The quantitative estimate of drug-likeness (QED) is 0.866. The monoisotopic (exact) mass is 302 g/mol. The molecule has 1 amide bonds. The molecule has 0 saturated heterocycles. The molecule has 0 heterocycles. The third-order valence-corrected chi connectivity index (χ3v) is 3.08. The highest BCUT2D eigenvalue weighted by atomic mass is 19.4. The van der Waals surface area contributed by atoms with E-state index in [-0.39, 0.29) is 12.1 Å². The van der Waals surface area contributed by atoms with Crippen molar-refractivity contribution in [1.82, 2.24) is 4.90 Å². The van der Waals surface area contributed by atoms with Crippen LogP contribution in [0.2, 0.25) is 0 Å². The number of rotatable bonds is 6. The number of carbonyl (C=O) groups is 1. The lowest BCUT2D eigenvalue weighted by Gasteiger charge is -2.22. The van der Waals surface area contributed by atoms with Crippen molar-refractivity contribution in [2.45, 2.75) is 33.4 Å². The minimum absolute atomic E-state index is 0.0211. The molecule has 0 aromatic heterocycles. The van der Waals surface area contributed by atoms with Gasteiger partial charge in [-0.2, -0.15) is 13.2 Å². The number of hydrogen-bond acceptors (Lipinski definition) is 2. The minimum atomic E-state index is -4.39. The topological polar surface area (TPSA) is 32.3 Å². The molecule has 1 rings (SSSR count). The number of amides is 1. The van der Waals surface area contributed by atoms with E-state index in [0.29, 0.717) is 0 Å². The van der Waals surface area contributed by atoms with Gasteiger partial charge < -0.3 is 10.2 Å². The van der Waals surface area contributed by atoms with E-state index >= 15 is 0 Å². The predicted molar refractivity (Wildman–Crippen MR) is 77.6 cm³/mol. The van der Waals surface area contributed by atoms with Gasteiger partial charge in [-0.25, -0.2) is 0 Å². The Bertz CT molecular complexity index is 486. The van der Waals surface area contributed by atoms with Crippen LogP contribution in [0.5, 0.6) is 0 Å². The van der Waals surface area contributed by atoms with Crippen LogP contribution in [0.15, 0.2) is 18.2 Å². The van der Waals surface area contributed by atoms with Crippen LogP contribution < -0.4 is 5.32 Å². The highest BCUT2D eigenvalue weighted by Gasteiger charge is 2.32. The number of halogens is 3. The van der Waals surface area contributed by atoms with Crippen molar-refractivity contribution in [2.24, 2.45) is 0 Å². The molecule has 0 fully saturated rings. The van der Waals surface area contributed by atoms with Crippen molar-refractivity contribution in [3.8, 4) is 0 Å². The summed E-state index contributed by atoms with van der Waals surface area (Å²) in [7, 11) is 0. The Morgan fingerprint density at radius 1 is 1.29 bits per heavy atom. The molecule has 0 aliphatic heterocycles. The summed E-state index contributed by atoms with van der Waals surface area (Å²) in [5.41, 5.74) is 2.02. The van der Waals surface area contributed by atoms with Crippen molar-refractivity contribution in [3.63, 3.8) is 0 Å². The van der Waals surface area contributed by atoms with Gasteiger partial charge in [-0.15, -0.1) is 0 Å². The van der Waals surface area contributed by atoms with Crippen molar-refractivity contribution in [1.29, 1.82) is 0 Å². The summed E-state index contributed by atoms with van der Waals surface area (Å²) in [5, 5.41) is 3.21. The molecular weight excluding hydrogens is 281 g/mol. The fourth-order valence-electron chi connectivity index (χ4n) is 1.98. The molecule has 0 bridgehead atoms. The lowest BCUT2D eigenvalue weighted by molar-refractivity contribution is -0.140. The Hall–Kier alpha value is -1.72. The van der Waals surface area contributed by atoms with Gasteiger partial charge in [0, 0.05) is 24.3 Å². The Balaban J connectivity index is 2.89. The van der Waals surface area contributed by atoms with E-state index in [0.717, 1.165) is 29.1 Å². The Morgan fingerprint density at radius 2 is 1.95 bits per heavy atom. The summed E-state index contributed by atoms with van der Waals surface area (Å²) in [6.07, 6.45) is -3.42. The third-order valence-electron chi connectivity index (χ3n) is 3.08. The highest BCUT2D eigenvalue weighted by Crippen LogP contribution is 2.21. The first-order valence-electron chi connectivity index (χ1n) is 6.99. The van der Waals surface area contributed by atoms with Gasteiger partial charge in [-0.05, 0) is 44.0 Å². The number of hydrogen-bond donors (Lipinski definition) is 1. The average molecular weight is 302 g/mol. The Labute approximate surface area is 123 Å². The van der Waals surface area contributed by atoms with Gasteiger partial charge >= 0.3 is 6.18 Å². The van der Waals surface area contributed by atoms with Crippen LogP contribution >= 0.6 is 0 Å². The number of benzene rings is 1. The van der Waals surface area contributed by atoms with Crippen LogP contribution in [0.25, 0.3) is 0 Å². The van der Waals surface area contributed by atoms with Gasteiger partial charge in [-0.3, -0.25) is 4.79 Å².